The zero-order chi connectivity index (χ0) is 34.9. The average Bonchev–Trinajstić information content (AvgIpc) is 3.83. The van der Waals surface area contributed by atoms with Gasteiger partial charge < -0.3 is 9.72 Å². The summed E-state index contributed by atoms with van der Waals surface area (Å²) in [6.07, 6.45) is 1.98. The lowest BCUT2D eigenvalue weighted by Gasteiger charge is -2.39. The average molecular weight is 679 g/mol. The van der Waals surface area contributed by atoms with E-state index in [1.165, 1.54) is 27.6 Å². The predicted octanol–water partition coefficient (Wildman–Crippen LogP) is 11.5. The summed E-state index contributed by atoms with van der Waals surface area (Å²) >= 11 is 0. The smallest absolute Gasteiger partial charge is 0.164 e. The fourth-order valence-electron chi connectivity index (χ4n) is 8.47. The summed E-state index contributed by atoms with van der Waals surface area (Å²) in [4.78, 5) is 18.7. The first kappa shape index (κ1) is 29.6. The number of nitrogens with one attached hydrogen (secondary N) is 1. The lowest BCUT2D eigenvalue weighted by molar-refractivity contribution is 0.436. The fourth-order valence-corrected chi connectivity index (χ4v) is 8.47. The third-order valence-corrected chi connectivity index (χ3v) is 10.8. The number of aromatic amines is 1. The lowest BCUT2D eigenvalue weighted by atomic mass is 9.66. The number of ether oxygens (including phenoxy) is 1. The first-order valence-corrected chi connectivity index (χ1v) is 17.9. The molecule has 7 aromatic carbocycles. The van der Waals surface area contributed by atoms with E-state index in [4.69, 9.17) is 19.7 Å². The van der Waals surface area contributed by atoms with Gasteiger partial charge in [0.2, 0.25) is 0 Å². The van der Waals surface area contributed by atoms with Crippen LogP contribution in [0.15, 0.2) is 176 Å². The number of benzene rings is 7. The summed E-state index contributed by atoms with van der Waals surface area (Å²) in [6, 6.07) is 59.4. The van der Waals surface area contributed by atoms with Crippen LogP contribution in [0.25, 0.3) is 67.3 Å². The second-order valence-electron chi connectivity index (χ2n) is 13.6. The number of fused-ring (bicyclic) bond motifs is 10. The second-order valence-corrected chi connectivity index (χ2v) is 13.6. The van der Waals surface area contributed by atoms with Crippen LogP contribution in [0, 0.1) is 0 Å². The van der Waals surface area contributed by atoms with Gasteiger partial charge in [0.25, 0.3) is 0 Å². The van der Waals surface area contributed by atoms with Crippen LogP contribution in [0.2, 0.25) is 0 Å². The standard InChI is InChI=1S/C48H30N4O/c1-2-11-32(12-3-1)45-50-46(33-23-21-30(22-24-33)35-16-10-13-31-27-28-49-44(31)35)52-47(51-45)34-25-26-43-41(29-34)48(40-19-8-9-20-42(40)53-43)38-17-6-4-14-36(38)37-15-5-7-18-39(37)48/h1-29,49H. The van der Waals surface area contributed by atoms with Crippen LogP contribution in [0.3, 0.4) is 0 Å². The SMILES string of the molecule is c1ccc(-c2nc(-c3ccc(-c4cccc5cc[nH]c45)cc3)nc(-c3ccc4c(c3)C3(c5ccccc5O4)c4ccccc4-c4ccccc43)n2)cc1. The summed E-state index contributed by atoms with van der Waals surface area (Å²) in [5.41, 5.74) is 12.7. The Hall–Kier alpha value is -7.11. The summed E-state index contributed by atoms with van der Waals surface area (Å²) in [5.74, 6) is 3.53. The molecule has 1 spiro atoms. The molecule has 248 valence electrons. The van der Waals surface area contributed by atoms with Gasteiger partial charge in [-0.25, -0.2) is 15.0 Å². The first-order valence-electron chi connectivity index (χ1n) is 17.9. The van der Waals surface area contributed by atoms with Crippen molar-refractivity contribution in [1.29, 1.82) is 0 Å². The van der Waals surface area contributed by atoms with Crippen molar-refractivity contribution < 1.29 is 4.74 Å². The maximum atomic E-state index is 6.69. The highest BCUT2D eigenvalue weighted by Gasteiger charge is 2.51. The van der Waals surface area contributed by atoms with E-state index in [0.29, 0.717) is 17.5 Å². The van der Waals surface area contributed by atoms with Crippen LogP contribution in [-0.2, 0) is 5.41 Å². The van der Waals surface area contributed by atoms with Crippen LogP contribution in [0.5, 0.6) is 11.5 Å². The molecule has 53 heavy (non-hydrogen) atoms. The highest BCUT2D eigenvalue weighted by Crippen LogP contribution is 2.62. The quantitative estimate of drug-likeness (QED) is 0.201. The normalized spacial score (nSPS) is 13.2. The molecule has 0 atom stereocenters. The molecular formula is C48H30N4O. The zero-order valence-electron chi connectivity index (χ0n) is 28.5. The summed E-state index contributed by atoms with van der Waals surface area (Å²) in [6.45, 7) is 0. The Morgan fingerprint density at radius 2 is 0.943 bits per heavy atom. The van der Waals surface area contributed by atoms with Crippen molar-refractivity contribution in [1.82, 2.24) is 19.9 Å². The molecule has 0 fully saturated rings. The molecule has 5 heteroatoms. The third-order valence-electron chi connectivity index (χ3n) is 10.8. The predicted molar refractivity (Wildman–Crippen MR) is 211 cm³/mol. The van der Waals surface area contributed by atoms with Gasteiger partial charge in [0.05, 0.1) is 10.9 Å². The summed E-state index contributed by atoms with van der Waals surface area (Å²) in [5, 5.41) is 1.19. The van der Waals surface area contributed by atoms with Crippen molar-refractivity contribution >= 4 is 10.9 Å². The van der Waals surface area contributed by atoms with Crippen molar-refractivity contribution in [2.45, 2.75) is 5.41 Å². The maximum absolute atomic E-state index is 6.69. The number of nitrogens with zero attached hydrogens (tertiary/aromatic N) is 3. The van der Waals surface area contributed by atoms with Gasteiger partial charge in [-0.1, -0.05) is 140 Å². The molecule has 11 rings (SSSR count). The van der Waals surface area contributed by atoms with Crippen LogP contribution >= 0.6 is 0 Å². The van der Waals surface area contributed by atoms with Gasteiger partial charge in [-0.3, -0.25) is 0 Å². The topological polar surface area (TPSA) is 63.7 Å². The molecule has 1 aliphatic carbocycles. The lowest BCUT2D eigenvalue weighted by Crippen LogP contribution is -2.32. The maximum Gasteiger partial charge on any atom is 0.164 e. The summed E-state index contributed by atoms with van der Waals surface area (Å²) in [7, 11) is 0. The Morgan fingerprint density at radius 3 is 1.68 bits per heavy atom. The fraction of sp³-hybridized carbons (Fsp3) is 0.0208. The van der Waals surface area contributed by atoms with E-state index < -0.39 is 5.41 Å². The Balaban J connectivity index is 1.10. The van der Waals surface area contributed by atoms with E-state index in [2.05, 4.69) is 138 Å². The number of hydrogen-bond acceptors (Lipinski definition) is 4. The number of hydrogen-bond donors (Lipinski definition) is 1. The van der Waals surface area contributed by atoms with Gasteiger partial charge in [0.15, 0.2) is 17.5 Å². The van der Waals surface area contributed by atoms with E-state index in [1.807, 2.05) is 42.6 Å². The number of para-hydroxylation sites is 2. The molecule has 1 N–H and O–H groups in total. The molecule has 0 radical (unpaired) electrons. The second kappa shape index (κ2) is 11.5. The van der Waals surface area contributed by atoms with Crippen molar-refractivity contribution in [3.8, 4) is 67.9 Å². The van der Waals surface area contributed by atoms with E-state index in [9.17, 15) is 0 Å². The highest BCUT2D eigenvalue weighted by molar-refractivity contribution is 5.94. The molecule has 0 saturated carbocycles. The van der Waals surface area contributed by atoms with Gasteiger partial charge in [-0.15, -0.1) is 0 Å². The molecule has 0 unspecified atom stereocenters. The Morgan fingerprint density at radius 1 is 0.396 bits per heavy atom. The Labute approximate surface area is 306 Å². The van der Waals surface area contributed by atoms with Gasteiger partial charge >= 0.3 is 0 Å². The van der Waals surface area contributed by atoms with E-state index in [1.54, 1.807) is 0 Å². The van der Waals surface area contributed by atoms with Crippen molar-refractivity contribution in [2.75, 3.05) is 0 Å². The van der Waals surface area contributed by atoms with Crippen LogP contribution in [0.1, 0.15) is 22.3 Å². The molecule has 2 aromatic heterocycles. The van der Waals surface area contributed by atoms with Gasteiger partial charge in [-0.2, -0.15) is 0 Å². The largest absolute Gasteiger partial charge is 0.457 e. The number of H-pyrrole nitrogens is 1. The minimum Gasteiger partial charge on any atom is -0.457 e. The molecule has 3 heterocycles. The third kappa shape index (κ3) is 4.41. The van der Waals surface area contributed by atoms with Gasteiger partial charge in [0.1, 0.15) is 11.5 Å². The first-order chi connectivity index (χ1) is 26.3. The van der Waals surface area contributed by atoms with Crippen molar-refractivity contribution in [3.05, 3.63) is 198 Å². The van der Waals surface area contributed by atoms with Crippen LogP contribution in [0.4, 0.5) is 0 Å². The molecule has 0 amide bonds. The van der Waals surface area contributed by atoms with Gasteiger partial charge in [0, 0.05) is 39.6 Å². The Bertz CT molecular complexity index is 2830. The molecule has 0 bridgehead atoms. The molecule has 2 aliphatic rings. The highest BCUT2D eigenvalue weighted by atomic mass is 16.5. The molecule has 9 aromatic rings. The van der Waals surface area contributed by atoms with Crippen molar-refractivity contribution in [3.63, 3.8) is 0 Å². The van der Waals surface area contributed by atoms with E-state index >= 15 is 0 Å². The Kier molecular flexibility index (Phi) is 6.40. The zero-order valence-corrected chi connectivity index (χ0v) is 28.5. The van der Waals surface area contributed by atoms with Gasteiger partial charge in [-0.05, 0) is 63.5 Å². The molecule has 5 nitrogen and oxygen atoms in total. The van der Waals surface area contributed by atoms with E-state index in [-0.39, 0.29) is 0 Å². The molecule has 0 saturated heterocycles. The van der Waals surface area contributed by atoms with E-state index in [0.717, 1.165) is 56.0 Å². The molecule has 1 aliphatic heterocycles. The van der Waals surface area contributed by atoms with Crippen molar-refractivity contribution in [2.24, 2.45) is 0 Å². The number of aromatic nitrogens is 4. The molecular weight excluding hydrogens is 649 g/mol. The number of rotatable bonds is 4. The van der Waals surface area contributed by atoms with Crippen LogP contribution in [-0.4, -0.2) is 19.9 Å². The summed E-state index contributed by atoms with van der Waals surface area (Å²) < 4.78 is 6.69. The minimum absolute atomic E-state index is 0.580. The van der Waals surface area contributed by atoms with Crippen LogP contribution < -0.4 is 4.74 Å². The monoisotopic (exact) mass is 678 g/mol. The minimum atomic E-state index is -0.580.